The maximum absolute atomic E-state index is 13.5. The Morgan fingerprint density at radius 2 is 2.08 bits per heavy atom. The van der Waals surface area contributed by atoms with Crippen molar-refractivity contribution in [2.24, 2.45) is 0 Å². The number of carbonyl (C=O) groups excluding carboxylic acids is 2. The van der Waals surface area contributed by atoms with E-state index >= 15 is 0 Å². The van der Waals surface area contributed by atoms with Crippen molar-refractivity contribution in [2.75, 3.05) is 26.7 Å². The number of carbonyl (C=O) groups is 2. The second kappa shape index (κ2) is 10.3. The average molecular weight is 376 g/mol. The minimum atomic E-state index is -0.893. The van der Waals surface area contributed by atoms with Crippen LogP contribution in [0.5, 0.6) is 0 Å². The van der Waals surface area contributed by atoms with Crippen LogP contribution in [0, 0.1) is 11.6 Å². The van der Waals surface area contributed by atoms with Gasteiger partial charge in [-0.1, -0.05) is 0 Å². The third-order valence-electron chi connectivity index (χ3n) is 4.17. The largest absolute Gasteiger partial charge is 0.352 e. The lowest BCUT2D eigenvalue weighted by molar-refractivity contribution is -0.132. The van der Waals surface area contributed by atoms with Crippen molar-refractivity contribution in [3.05, 3.63) is 35.4 Å². The molecule has 1 fully saturated rings. The fraction of sp³-hybridized carbons (Fsp3) is 0.529. The molecule has 0 radical (unpaired) electrons. The van der Waals surface area contributed by atoms with Crippen LogP contribution in [-0.2, 0) is 4.79 Å². The topological polar surface area (TPSA) is 61.4 Å². The van der Waals surface area contributed by atoms with E-state index in [1.807, 2.05) is 11.9 Å². The van der Waals surface area contributed by atoms with E-state index in [9.17, 15) is 18.4 Å². The highest BCUT2D eigenvalue weighted by Crippen LogP contribution is 2.18. The first-order valence-corrected chi connectivity index (χ1v) is 8.20. The SMILES string of the molecule is CNCC1CCCN1C(=O)CCCNC(=O)c1ccc(F)cc1F.Cl. The molecule has 25 heavy (non-hydrogen) atoms. The summed E-state index contributed by atoms with van der Waals surface area (Å²) in [6, 6.07) is 3.06. The van der Waals surface area contributed by atoms with Crippen LogP contribution < -0.4 is 10.6 Å². The summed E-state index contributed by atoms with van der Waals surface area (Å²) in [5.41, 5.74) is -0.198. The van der Waals surface area contributed by atoms with Crippen LogP contribution in [0.15, 0.2) is 18.2 Å². The van der Waals surface area contributed by atoms with Gasteiger partial charge in [-0.2, -0.15) is 0 Å². The third-order valence-corrected chi connectivity index (χ3v) is 4.17. The standard InChI is InChI=1S/C17H23F2N3O2.ClH/c1-20-11-13-4-3-9-22(13)16(23)5-2-8-21-17(24)14-7-6-12(18)10-15(14)19;/h6-7,10,13,20H,2-5,8-9,11H2,1H3,(H,21,24);1H. The third kappa shape index (κ3) is 5.93. The molecule has 1 atom stereocenters. The Morgan fingerprint density at radius 3 is 2.76 bits per heavy atom. The van der Waals surface area contributed by atoms with Crippen molar-refractivity contribution in [3.8, 4) is 0 Å². The lowest BCUT2D eigenvalue weighted by Gasteiger charge is -2.24. The number of hydrogen-bond donors (Lipinski definition) is 2. The number of halogens is 3. The molecule has 0 aliphatic carbocycles. The Balaban J connectivity index is 0.00000312. The van der Waals surface area contributed by atoms with E-state index in [0.29, 0.717) is 18.9 Å². The van der Waals surface area contributed by atoms with E-state index in [4.69, 9.17) is 0 Å². The van der Waals surface area contributed by atoms with Gasteiger partial charge in [-0.25, -0.2) is 8.78 Å². The molecule has 1 unspecified atom stereocenters. The number of hydrogen-bond acceptors (Lipinski definition) is 3. The summed E-state index contributed by atoms with van der Waals surface area (Å²) >= 11 is 0. The van der Waals surface area contributed by atoms with E-state index in [1.54, 1.807) is 0 Å². The van der Waals surface area contributed by atoms with E-state index in [0.717, 1.165) is 38.1 Å². The molecule has 2 amide bonds. The average Bonchev–Trinajstić information content (AvgIpc) is 3.00. The zero-order valence-corrected chi connectivity index (χ0v) is 15.0. The number of amides is 2. The predicted molar refractivity (Wildman–Crippen MR) is 93.8 cm³/mol. The lowest BCUT2D eigenvalue weighted by atomic mass is 10.2. The summed E-state index contributed by atoms with van der Waals surface area (Å²) < 4.78 is 26.3. The normalized spacial score (nSPS) is 16.4. The van der Waals surface area contributed by atoms with E-state index in [-0.39, 0.29) is 36.5 Å². The Bertz CT molecular complexity index is 601. The quantitative estimate of drug-likeness (QED) is 0.717. The van der Waals surface area contributed by atoms with Gasteiger partial charge in [0, 0.05) is 38.2 Å². The second-order valence-corrected chi connectivity index (χ2v) is 5.92. The number of rotatable bonds is 7. The smallest absolute Gasteiger partial charge is 0.254 e. The molecule has 140 valence electrons. The molecule has 1 aromatic carbocycles. The highest BCUT2D eigenvalue weighted by atomic mass is 35.5. The van der Waals surface area contributed by atoms with Crippen LogP contribution in [0.3, 0.4) is 0 Å². The summed E-state index contributed by atoms with van der Waals surface area (Å²) in [6.07, 6.45) is 2.84. The van der Waals surface area contributed by atoms with Crippen LogP contribution in [0.4, 0.5) is 8.78 Å². The highest BCUT2D eigenvalue weighted by Gasteiger charge is 2.27. The van der Waals surface area contributed by atoms with E-state index in [2.05, 4.69) is 10.6 Å². The Morgan fingerprint density at radius 1 is 1.32 bits per heavy atom. The fourth-order valence-corrected chi connectivity index (χ4v) is 2.97. The Hall–Kier alpha value is -1.73. The summed E-state index contributed by atoms with van der Waals surface area (Å²) in [5, 5.41) is 5.65. The molecule has 0 aromatic heterocycles. The first-order valence-electron chi connectivity index (χ1n) is 8.20. The van der Waals surface area contributed by atoms with Crippen molar-refractivity contribution in [1.82, 2.24) is 15.5 Å². The van der Waals surface area contributed by atoms with Gasteiger partial charge < -0.3 is 15.5 Å². The summed E-state index contributed by atoms with van der Waals surface area (Å²) in [5.74, 6) is -2.14. The molecule has 2 rings (SSSR count). The van der Waals surface area contributed by atoms with Crippen molar-refractivity contribution in [1.29, 1.82) is 0 Å². The minimum absolute atomic E-state index is 0. The molecule has 0 saturated carbocycles. The fourth-order valence-electron chi connectivity index (χ4n) is 2.97. The minimum Gasteiger partial charge on any atom is -0.352 e. The monoisotopic (exact) mass is 375 g/mol. The highest BCUT2D eigenvalue weighted by molar-refractivity contribution is 5.94. The maximum atomic E-state index is 13.5. The van der Waals surface area contributed by atoms with Gasteiger partial charge in [-0.15, -0.1) is 12.4 Å². The number of benzene rings is 1. The van der Waals surface area contributed by atoms with E-state index < -0.39 is 17.5 Å². The number of likely N-dealkylation sites (tertiary alicyclic amines) is 1. The van der Waals surface area contributed by atoms with Gasteiger partial charge in [0.05, 0.1) is 5.56 Å². The Labute approximate surface area is 152 Å². The zero-order chi connectivity index (χ0) is 17.5. The summed E-state index contributed by atoms with van der Waals surface area (Å²) in [7, 11) is 1.87. The van der Waals surface area contributed by atoms with Crippen LogP contribution >= 0.6 is 12.4 Å². The van der Waals surface area contributed by atoms with Gasteiger partial charge in [0.15, 0.2) is 0 Å². The molecule has 0 spiro atoms. The lowest BCUT2D eigenvalue weighted by Crippen LogP contribution is -2.41. The molecule has 1 saturated heterocycles. The van der Waals surface area contributed by atoms with Crippen molar-refractivity contribution >= 4 is 24.2 Å². The van der Waals surface area contributed by atoms with Crippen LogP contribution in [0.1, 0.15) is 36.0 Å². The van der Waals surface area contributed by atoms with Gasteiger partial charge in [0.25, 0.3) is 5.91 Å². The molecular weight excluding hydrogens is 352 g/mol. The predicted octanol–water partition coefficient (Wildman–Crippen LogP) is 2.11. The maximum Gasteiger partial charge on any atom is 0.254 e. The molecule has 1 aliphatic heterocycles. The molecule has 1 heterocycles. The number of likely N-dealkylation sites (N-methyl/N-ethyl adjacent to an activating group) is 1. The molecule has 8 heteroatoms. The van der Waals surface area contributed by atoms with Crippen LogP contribution in [0.2, 0.25) is 0 Å². The molecular formula is C17H24ClF2N3O2. The van der Waals surface area contributed by atoms with Crippen molar-refractivity contribution in [3.63, 3.8) is 0 Å². The second-order valence-electron chi connectivity index (χ2n) is 5.92. The first kappa shape index (κ1) is 21.3. The van der Waals surface area contributed by atoms with Gasteiger partial charge in [0.1, 0.15) is 11.6 Å². The van der Waals surface area contributed by atoms with Crippen molar-refractivity contribution in [2.45, 2.75) is 31.7 Å². The first-order chi connectivity index (χ1) is 11.5. The van der Waals surface area contributed by atoms with Gasteiger partial charge in [0.2, 0.25) is 5.91 Å². The molecule has 1 aromatic rings. The van der Waals surface area contributed by atoms with Gasteiger partial charge in [-0.3, -0.25) is 9.59 Å². The van der Waals surface area contributed by atoms with Gasteiger partial charge in [-0.05, 0) is 38.4 Å². The summed E-state index contributed by atoms with van der Waals surface area (Å²) in [6.45, 7) is 1.83. The summed E-state index contributed by atoms with van der Waals surface area (Å²) in [4.78, 5) is 25.9. The van der Waals surface area contributed by atoms with E-state index in [1.165, 1.54) is 0 Å². The zero-order valence-electron chi connectivity index (χ0n) is 14.2. The molecule has 1 aliphatic rings. The van der Waals surface area contributed by atoms with Gasteiger partial charge >= 0.3 is 0 Å². The number of nitrogens with one attached hydrogen (secondary N) is 2. The number of nitrogens with zero attached hydrogens (tertiary/aromatic N) is 1. The Kier molecular flexibility index (Phi) is 8.78. The molecule has 2 N–H and O–H groups in total. The van der Waals surface area contributed by atoms with Crippen molar-refractivity contribution < 1.29 is 18.4 Å². The molecule has 0 bridgehead atoms. The van der Waals surface area contributed by atoms with Crippen LogP contribution in [0.25, 0.3) is 0 Å². The van der Waals surface area contributed by atoms with Crippen LogP contribution in [-0.4, -0.2) is 49.4 Å². The molecule has 5 nitrogen and oxygen atoms in total.